The van der Waals surface area contributed by atoms with Crippen molar-refractivity contribution in [1.29, 1.82) is 5.41 Å². The number of H-pyrrole nitrogens is 1. The van der Waals surface area contributed by atoms with Crippen LogP contribution in [-0.4, -0.2) is 20.9 Å². The van der Waals surface area contributed by atoms with E-state index in [1.807, 2.05) is 0 Å². The van der Waals surface area contributed by atoms with Crippen LogP contribution in [0.15, 0.2) is 4.79 Å². The molecule has 1 aromatic heterocycles. The Morgan fingerprint density at radius 2 is 2.50 bits per heavy atom. The van der Waals surface area contributed by atoms with Crippen molar-refractivity contribution < 1.29 is 5.11 Å². The second-order valence-electron chi connectivity index (χ2n) is 1.75. The van der Waals surface area contributed by atoms with Gasteiger partial charge < -0.3 is 10.5 Å². The smallest absolute Gasteiger partial charge is 0.294 e. The standard InChI is InChI=1S/C4H6N4O2/c1-8-4(10)2(3(5)9)6-7-8/h7H,1H3,(H2,5,9)/p-1. The molecule has 0 unspecified atom stereocenters. The molecule has 0 radical (unpaired) electrons. The normalized spacial score (nSPS) is 9.70. The third-order valence-electron chi connectivity index (χ3n) is 1.03. The monoisotopic (exact) mass is 141 g/mol. The minimum atomic E-state index is -1.07. The lowest BCUT2D eigenvalue weighted by Gasteiger charge is -1.97. The number of nitrogens with zero attached hydrogens (tertiary/aromatic N) is 2. The minimum absolute atomic E-state index is 0.373. The largest absolute Gasteiger partial charge is 0.857 e. The first-order valence-electron chi connectivity index (χ1n) is 2.50. The molecule has 0 aliphatic carbocycles. The van der Waals surface area contributed by atoms with Gasteiger partial charge in [-0.2, -0.15) is 5.10 Å². The van der Waals surface area contributed by atoms with Crippen LogP contribution in [0.2, 0.25) is 0 Å². The van der Waals surface area contributed by atoms with Gasteiger partial charge in [0.05, 0.1) is 0 Å². The molecule has 0 saturated carbocycles. The Morgan fingerprint density at radius 1 is 1.90 bits per heavy atom. The van der Waals surface area contributed by atoms with Gasteiger partial charge in [-0.25, -0.2) is 9.90 Å². The first-order chi connectivity index (χ1) is 4.63. The lowest BCUT2D eigenvalue weighted by Crippen LogP contribution is -2.26. The second kappa shape index (κ2) is 1.98. The van der Waals surface area contributed by atoms with Crippen LogP contribution >= 0.6 is 0 Å². The highest BCUT2D eigenvalue weighted by molar-refractivity contribution is 5.84. The van der Waals surface area contributed by atoms with Crippen molar-refractivity contribution in [3.05, 3.63) is 16.0 Å². The van der Waals surface area contributed by atoms with Crippen LogP contribution in [0.4, 0.5) is 0 Å². The van der Waals surface area contributed by atoms with Gasteiger partial charge in [0, 0.05) is 12.9 Å². The molecule has 0 aliphatic rings. The molecule has 0 aromatic carbocycles. The van der Waals surface area contributed by atoms with Crippen molar-refractivity contribution in [1.82, 2.24) is 15.0 Å². The van der Waals surface area contributed by atoms with Gasteiger partial charge in [-0.1, -0.05) is 0 Å². The van der Waals surface area contributed by atoms with Crippen molar-refractivity contribution in [2.24, 2.45) is 7.05 Å². The van der Waals surface area contributed by atoms with Crippen molar-refractivity contribution in [3.63, 3.8) is 0 Å². The third kappa shape index (κ3) is 0.790. The molecule has 2 N–H and O–H groups in total. The summed E-state index contributed by atoms with van der Waals surface area (Å²) in [5.41, 5.74) is -0.942. The van der Waals surface area contributed by atoms with E-state index in [2.05, 4.69) is 10.3 Å². The van der Waals surface area contributed by atoms with Crippen LogP contribution in [0.25, 0.3) is 0 Å². The van der Waals surface area contributed by atoms with Crippen molar-refractivity contribution in [2.45, 2.75) is 0 Å². The Labute approximate surface area is 55.6 Å². The minimum Gasteiger partial charge on any atom is -0.857 e. The summed E-state index contributed by atoms with van der Waals surface area (Å²) >= 11 is 0. The van der Waals surface area contributed by atoms with Gasteiger partial charge in [0.2, 0.25) is 0 Å². The Balaban J connectivity index is 3.32. The zero-order valence-electron chi connectivity index (χ0n) is 5.21. The van der Waals surface area contributed by atoms with E-state index in [4.69, 9.17) is 5.41 Å². The molecule has 0 spiro atoms. The molecule has 0 fully saturated rings. The summed E-state index contributed by atoms with van der Waals surface area (Å²) < 4.78 is 1.03. The Morgan fingerprint density at radius 3 is 2.70 bits per heavy atom. The summed E-state index contributed by atoms with van der Waals surface area (Å²) in [6, 6.07) is 0. The van der Waals surface area contributed by atoms with E-state index in [0.717, 1.165) is 4.68 Å². The van der Waals surface area contributed by atoms with Gasteiger partial charge in [-0.3, -0.25) is 4.79 Å². The van der Waals surface area contributed by atoms with Gasteiger partial charge >= 0.3 is 0 Å². The summed E-state index contributed by atoms with van der Waals surface area (Å²) in [5, 5.41) is 22.3. The van der Waals surface area contributed by atoms with Crippen LogP contribution < -0.4 is 10.7 Å². The third-order valence-corrected chi connectivity index (χ3v) is 1.03. The molecule has 0 atom stereocenters. The topological polar surface area (TPSA) is 97.6 Å². The zero-order chi connectivity index (χ0) is 7.72. The highest BCUT2D eigenvalue weighted by Gasteiger charge is 2.02. The quantitative estimate of drug-likeness (QED) is 0.343. The maximum atomic E-state index is 10.7. The summed E-state index contributed by atoms with van der Waals surface area (Å²) in [7, 11) is 1.42. The molecule has 1 aromatic rings. The molecule has 1 heterocycles. The maximum absolute atomic E-state index is 10.7. The summed E-state index contributed by atoms with van der Waals surface area (Å²) in [5.74, 6) is -1.07. The van der Waals surface area contributed by atoms with Crippen LogP contribution in [0, 0.1) is 5.41 Å². The number of aromatic nitrogens is 3. The summed E-state index contributed by atoms with van der Waals surface area (Å²) in [6.45, 7) is 0. The van der Waals surface area contributed by atoms with Gasteiger partial charge in [-0.05, 0) is 0 Å². The summed E-state index contributed by atoms with van der Waals surface area (Å²) in [6.07, 6.45) is 0. The first kappa shape index (κ1) is 6.53. The van der Waals surface area contributed by atoms with Crippen molar-refractivity contribution >= 4 is 5.90 Å². The van der Waals surface area contributed by atoms with Crippen LogP contribution in [-0.2, 0) is 7.05 Å². The number of hydrogen-bond donors (Lipinski definition) is 2. The number of hydrogen-bond acceptors (Lipinski definition) is 4. The molecule has 10 heavy (non-hydrogen) atoms. The lowest BCUT2D eigenvalue weighted by molar-refractivity contribution is -0.215. The van der Waals surface area contributed by atoms with Crippen molar-refractivity contribution in [2.75, 3.05) is 0 Å². The van der Waals surface area contributed by atoms with E-state index < -0.39 is 11.5 Å². The Bertz CT molecular complexity index is 309. The predicted molar refractivity (Wildman–Crippen MR) is 30.7 cm³/mol. The van der Waals surface area contributed by atoms with E-state index >= 15 is 0 Å². The Kier molecular flexibility index (Phi) is 1.29. The fourth-order valence-corrected chi connectivity index (χ4v) is 0.525. The van der Waals surface area contributed by atoms with Gasteiger partial charge in [0.1, 0.15) is 0 Å². The van der Waals surface area contributed by atoms with E-state index in [-0.39, 0.29) is 5.69 Å². The summed E-state index contributed by atoms with van der Waals surface area (Å²) in [4.78, 5) is 10.7. The van der Waals surface area contributed by atoms with Gasteiger partial charge in [-0.15, -0.1) is 0 Å². The fourth-order valence-electron chi connectivity index (χ4n) is 0.525. The fraction of sp³-hybridized carbons (Fsp3) is 0.250. The second-order valence-corrected chi connectivity index (χ2v) is 1.75. The van der Waals surface area contributed by atoms with E-state index in [1.54, 1.807) is 0 Å². The average Bonchev–Trinajstić information content (AvgIpc) is 2.14. The number of rotatable bonds is 1. The SMILES string of the molecule is Cn1[nH]nc(C(=N)[O-])c1=O. The molecule has 6 heteroatoms. The molecule has 54 valence electrons. The zero-order valence-corrected chi connectivity index (χ0v) is 5.21. The number of aryl methyl sites for hydroxylation is 1. The maximum Gasteiger partial charge on any atom is 0.294 e. The van der Waals surface area contributed by atoms with E-state index in [1.165, 1.54) is 7.05 Å². The predicted octanol–water partition coefficient (Wildman–Crippen LogP) is -2.21. The molecular formula is C4H5N4O2-. The Hall–Kier alpha value is -1.59. The molecule has 0 saturated heterocycles. The van der Waals surface area contributed by atoms with Crippen LogP contribution in [0.1, 0.15) is 5.69 Å². The number of aromatic amines is 1. The van der Waals surface area contributed by atoms with Gasteiger partial charge in [0.25, 0.3) is 5.56 Å². The molecule has 1 rings (SSSR count). The van der Waals surface area contributed by atoms with Crippen LogP contribution in [0.3, 0.4) is 0 Å². The van der Waals surface area contributed by atoms with Crippen molar-refractivity contribution in [3.8, 4) is 0 Å². The molecule has 0 amide bonds. The molecular weight excluding hydrogens is 136 g/mol. The average molecular weight is 141 g/mol. The molecule has 6 nitrogen and oxygen atoms in total. The van der Waals surface area contributed by atoms with Crippen LogP contribution in [0.5, 0.6) is 0 Å². The first-order valence-corrected chi connectivity index (χ1v) is 2.50. The highest BCUT2D eigenvalue weighted by atomic mass is 16.3. The lowest BCUT2D eigenvalue weighted by atomic mass is 10.5. The molecule has 0 aliphatic heterocycles. The molecule has 0 bridgehead atoms. The number of nitrogens with one attached hydrogen (secondary N) is 2. The highest BCUT2D eigenvalue weighted by Crippen LogP contribution is 1.76. The van der Waals surface area contributed by atoms with E-state index in [9.17, 15) is 9.90 Å². The van der Waals surface area contributed by atoms with Gasteiger partial charge in [0.15, 0.2) is 5.69 Å². The van der Waals surface area contributed by atoms with E-state index in [0.29, 0.717) is 0 Å².